The molecule has 1 aromatic rings. The van der Waals surface area contributed by atoms with Gasteiger partial charge < -0.3 is 0 Å². The number of hydrogen-bond acceptors (Lipinski definition) is 1. The van der Waals surface area contributed by atoms with Crippen molar-refractivity contribution in [1.29, 1.82) is 0 Å². The van der Waals surface area contributed by atoms with E-state index in [-0.39, 0.29) is 0 Å². The molecular formula is C11H13N. The number of aromatic nitrogens is 1. The zero-order valence-electron chi connectivity index (χ0n) is 7.33. The monoisotopic (exact) mass is 159 g/mol. The number of hydrogen-bond donors (Lipinski definition) is 0. The summed E-state index contributed by atoms with van der Waals surface area (Å²) in [4.78, 5) is 4.05. The van der Waals surface area contributed by atoms with Crippen molar-refractivity contribution in [2.24, 2.45) is 5.41 Å². The topological polar surface area (TPSA) is 12.9 Å². The van der Waals surface area contributed by atoms with E-state index in [1.807, 2.05) is 12.3 Å². The summed E-state index contributed by atoms with van der Waals surface area (Å²) in [7, 11) is 0. The molecule has 1 aliphatic rings. The van der Waals surface area contributed by atoms with Crippen LogP contribution in [0.15, 0.2) is 30.6 Å². The molecule has 1 heteroatoms. The Morgan fingerprint density at radius 1 is 1.50 bits per heavy atom. The normalized spacial score (nSPS) is 19.8. The summed E-state index contributed by atoms with van der Waals surface area (Å²) < 4.78 is 0. The molecule has 0 unspecified atom stereocenters. The molecule has 0 amide bonds. The predicted octanol–water partition coefficient (Wildman–Crippen LogP) is 2.89. The Balaban J connectivity index is 2.08. The van der Waals surface area contributed by atoms with Gasteiger partial charge in [-0.25, -0.2) is 0 Å². The van der Waals surface area contributed by atoms with Crippen molar-refractivity contribution in [3.05, 3.63) is 36.2 Å². The van der Waals surface area contributed by atoms with Gasteiger partial charge in [0, 0.05) is 12.4 Å². The third kappa shape index (κ3) is 1.73. The predicted molar refractivity (Wildman–Crippen MR) is 50.6 cm³/mol. The number of pyridine rings is 1. The lowest BCUT2D eigenvalue weighted by Gasteiger charge is -1.97. The summed E-state index contributed by atoms with van der Waals surface area (Å²) in [6.45, 7) is 2.29. The van der Waals surface area contributed by atoms with E-state index in [1.54, 1.807) is 6.20 Å². The van der Waals surface area contributed by atoms with Crippen LogP contribution in [-0.2, 0) is 0 Å². The smallest absolute Gasteiger partial charge is 0.0340 e. The number of nitrogens with zero attached hydrogens (tertiary/aromatic N) is 1. The van der Waals surface area contributed by atoms with E-state index in [9.17, 15) is 0 Å². The van der Waals surface area contributed by atoms with Crippen LogP contribution in [0.5, 0.6) is 0 Å². The van der Waals surface area contributed by atoms with Crippen molar-refractivity contribution in [3.8, 4) is 0 Å². The van der Waals surface area contributed by atoms with Crippen LogP contribution in [0.25, 0.3) is 6.08 Å². The van der Waals surface area contributed by atoms with Crippen molar-refractivity contribution in [2.45, 2.75) is 19.8 Å². The first-order chi connectivity index (χ1) is 5.79. The molecule has 0 radical (unpaired) electrons. The number of allylic oxidation sites excluding steroid dienone is 1. The van der Waals surface area contributed by atoms with Crippen molar-refractivity contribution < 1.29 is 0 Å². The van der Waals surface area contributed by atoms with Gasteiger partial charge in [0.1, 0.15) is 0 Å². The number of rotatable bonds is 2. The van der Waals surface area contributed by atoms with E-state index in [1.165, 1.54) is 18.4 Å². The standard InChI is InChI=1S/C11H13N/c1-11(6-7-11)5-4-10-3-2-8-12-9-10/h2-5,8-9H,6-7H2,1H3/b5-4-. The van der Waals surface area contributed by atoms with E-state index < -0.39 is 0 Å². The van der Waals surface area contributed by atoms with Gasteiger partial charge in [-0.1, -0.05) is 25.1 Å². The van der Waals surface area contributed by atoms with Crippen molar-refractivity contribution in [3.63, 3.8) is 0 Å². The van der Waals surface area contributed by atoms with Gasteiger partial charge in [-0.3, -0.25) is 4.98 Å². The maximum atomic E-state index is 4.05. The molecule has 0 saturated heterocycles. The molecule has 1 aliphatic carbocycles. The lowest BCUT2D eigenvalue weighted by Crippen LogP contribution is -1.83. The van der Waals surface area contributed by atoms with Gasteiger partial charge in [-0.15, -0.1) is 0 Å². The van der Waals surface area contributed by atoms with E-state index in [2.05, 4.69) is 30.1 Å². The highest BCUT2D eigenvalue weighted by atomic mass is 14.6. The van der Waals surface area contributed by atoms with Crippen LogP contribution in [0.1, 0.15) is 25.3 Å². The third-order valence-corrected chi connectivity index (χ3v) is 2.40. The molecule has 62 valence electrons. The Kier molecular flexibility index (Phi) is 1.72. The van der Waals surface area contributed by atoms with Crippen molar-refractivity contribution >= 4 is 6.08 Å². The molecule has 0 aliphatic heterocycles. The average molecular weight is 159 g/mol. The fourth-order valence-electron chi connectivity index (χ4n) is 1.14. The Morgan fingerprint density at radius 3 is 2.92 bits per heavy atom. The van der Waals surface area contributed by atoms with E-state index in [0.717, 1.165) is 0 Å². The zero-order chi connectivity index (χ0) is 8.44. The molecule has 0 N–H and O–H groups in total. The summed E-state index contributed by atoms with van der Waals surface area (Å²) >= 11 is 0. The van der Waals surface area contributed by atoms with Crippen LogP contribution in [0.3, 0.4) is 0 Å². The Hall–Kier alpha value is -1.11. The maximum Gasteiger partial charge on any atom is 0.0340 e. The van der Waals surface area contributed by atoms with Crippen LogP contribution < -0.4 is 0 Å². The summed E-state index contributed by atoms with van der Waals surface area (Å²) in [5.41, 5.74) is 1.70. The van der Waals surface area contributed by atoms with Gasteiger partial charge in [0.15, 0.2) is 0 Å². The molecule has 1 aromatic heterocycles. The second-order valence-corrected chi connectivity index (χ2v) is 3.77. The van der Waals surface area contributed by atoms with Gasteiger partial charge in [-0.05, 0) is 29.9 Å². The first kappa shape index (κ1) is 7.53. The molecule has 1 fully saturated rings. The Labute approximate surface area is 73.1 Å². The molecule has 0 bridgehead atoms. The largest absolute Gasteiger partial charge is 0.264 e. The quantitative estimate of drug-likeness (QED) is 0.646. The fraction of sp³-hybridized carbons (Fsp3) is 0.364. The summed E-state index contributed by atoms with van der Waals surface area (Å²) in [6.07, 6.45) is 10.8. The molecule has 0 aromatic carbocycles. The van der Waals surface area contributed by atoms with E-state index >= 15 is 0 Å². The fourth-order valence-corrected chi connectivity index (χ4v) is 1.14. The highest BCUT2D eigenvalue weighted by Crippen LogP contribution is 2.46. The van der Waals surface area contributed by atoms with Crippen LogP contribution in [0.2, 0.25) is 0 Å². The lowest BCUT2D eigenvalue weighted by atomic mass is 10.1. The van der Waals surface area contributed by atoms with Gasteiger partial charge in [0.2, 0.25) is 0 Å². The minimum absolute atomic E-state index is 0.496. The van der Waals surface area contributed by atoms with Crippen LogP contribution >= 0.6 is 0 Å². The summed E-state index contributed by atoms with van der Waals surface area (Å²) in [5.74, 6) is 0. The van der Waals surface area contributed by atoms with Gasteiger partial charge >= 0.3 is 0 Å². The second kappa shape index (κ2) is 2.74. The van der Waals surface area contributed by atoms with Crippen molar-refractivity contribution in [1.82, 2.24) is 4.98 Å². The summed E-state index contributed by atoms with van der Waals surface area (Å²) in [5, 5.41) is 0. The summed E-state index contributed by atoms with van der Waals surface area (Å²) in [6, 6.07) is 4.05. The molecular weight excluding hydrogens is 146 g/mol. The van der Waals surface area contributed by atoms with Crippen LogP contribution in [0.4, 0.5) is 0 Å². The molecule has 0 spiro atoms. The SMILES string of the molecule is CC1(/C=C\c2cccnc2)CC1. The van der Waals surface area contributed by atoms with E-state index in [4.69, 9.17) is 0 Å². The molecule has 1 nitrogen and oxygen atoms in total. The first-order valence-electron chi connectivity index (χ1n) is 4.38. The molecule has 12 heavy (non-hydrogen) atoms. The lowest BCUT2D eigenvalue weighted by molar-refractivity contribution is 0.752. The van der Waals surface area contributed by atoms with Gasteiger partial charge in [0.05, 0.1) is 0 Å². The van der Waals surface area contributed by atoms with Crippen LogP contribution in [0, 0.1) is 5.41 Å². The first-order valence-corrected chi connectivity index (χ1v) is 4.38. The second-order valence-electron chi connectivity index (χ2n) is 3.77. The Morgan fingerprint density at radius 2 is 2.33 bits per heavy atom. The maximum absolute atomic E-state index is 4.05. The highest BCUT2D eigenvalue weighted by Gasteiger charge is 2.33. The highest BCUT2D eigenvalue weighted by molar-refractivity contribution is 5.49. The molecule has 1 saturated carbocycles. The molecule has 2 rings (SSSR count). The third-order valence-electron chi connectivity index (χ3n) is 2.40. The van der Waals surface area contributed by atoms with Crippen molar-refractivity contribution in [2.75, 3.05) is 0 Å². The van der Waals surface area contributed by atoms with Crippen LogP contribution in [-0.4, -0.2) is 4.98 Å². The zero-order valence-corrected chi connectivity index (χ0v) is 7.33. The van der Waals surface area contributed by atoms with Gasteiger partial charge in [-0.2, -0.15) is 0 Å². The minimum atomic E-state index is 0.496. The van der Waals surface area contributed by atoms with Gasteiger partial charge in [0.25, 0.3) is 0 Å². The molecule has 1 heterocycles. The molecule has 0 atom stereocenters. The minimum Gasteiger partial charge on any atom is -0.264 e. The average Bonchev–Trinajstić information content (AvgIpc) is 2.84. The van der Waals surface area contributed by atoms with E-state index in [0.29, 0.717) is 5.41 Å². The Bertz CT molecular complexity index is 283.